The van der Waals surface area contributed by atoms with E-state index in [2.05, 4.69) is 15.2 Å². The summed E-state index contributed by atoms with van der Waals surface area (Å²) in [7, 11) is 3.12. The summed E-state index contributed by atoms with van der Waals surface area (Å²) in [6.45, 7) is 3.56. The van der Waals surface area contributed by atoms with Crippen LogP contribution in [0.3, 0.4) is 0 Å². The van der Waals surface area contributed by atoms with E-state index in [9.17, 15) is 4.79 Å². The number of thiazole rings is 1. The Labute approximate surface area is 198 Å². The minimum atomic E-state index is -0.398. The van der Waals surface area contributed by atoms with E-state index < -0.39 is 5.82 Å². The molecule has 0 radical (unpaired) electrons. The minimum Gasteiger partial charge on any atom is -0.496 e. The molecule has 5 rings (SSSR count). The first-order chi connectivity index (χ1) is 16.5. The van der Waals surface area contributed by atoms with Gasteiger partial charge in [0.05, 0.1) is 43.0 Å². The van der Waals surface area contributed by atoms with Crippen molar-refractivity contribution in [1.82, 2.24) is 24.3 Å². The Morgan fingerprint density at radius 3 is 2.74 bits per heavy atom. The third-order valence-electron chi connectivity index (χ3n) is 5.82. The molecule has 0 atom stereocenters. The van der Waals surface area contributed by atoms with Gasteiger partial charge >= 0.3 is 4.87 Å². The first kappa shape index (κ1) is 22.2. The van der Waals surface area contributed by atoms with Crippen molar-refractivity contribution in [1.29, 1.82) is 0 Å². The molecular formula is C24H22FN5O3S. The van der Waals surface area contributed by atoms with Gasteiger partial charge in [-0.3, -0.25) is 9.36 Å². The van der Waals surface area contributed by atoms with E-state index in [4.69, 9.17) is 9.47 Å². The van der Waals surface area contributed by atoms with Gasteiger partial charge in [0.2, 0.25) is 0 Å². The molecular weight excluding hydrogens is 457 g/mol. The molecule has 0 N–H and O–H groups in total. The lowest BCUT2D eigenvalue weighted by Crippen LogP contribution is -2.15. The fourth-order valence-corrected chi connectivity index (χ4v) is 5.02. The fourth-order valence-electron chi connectivity index (χ4n) is 4.08. The fraction of sp³-hybridized carbons (Fsp3) is 0.250. The molecule has 0 spiro atoms. The van der Waals surface area contributed by atoms with Crippen LogP contribution >= 0.6 is 11.3 Å². The topological polar surface area (TPSA) is 84.1 Å². The number of rotatable bonds is 7. The Hall–Kier alpha value is -3.63. The predicted molar refractivity (Wildman–Crippen MR) is 130 cm³/mol. The van der Waals surface area contributed by atoms with E-state index in [-0.39, 0.29) is 4.87 Å². The average Bonchev–Trinajstić information content (AvgIpc) is 3.41. The largest absolute Gasteiger partial charge is 0.496 e. The Morgan fingerprint density at radius 1 is 1.12 bits per heavy atom. The summed E-state index contributed by atoms with van der Waals surface area (Å²) < 4.78 is 30.2. The molecule has 2 aromatic carbocycles. The quantitative estimate of drug-likeness (QED) is 0.345. The van der Waals surface area contributed by atoms with Gasteiger partial charge in [0.25, 0.3) is 0 Å². The molecule has 10 heteroatoms. The van der Waals surface area contributed by atoms with E-state index in [0.717, 1.165) is 32.7 Å². The molecule has 3 heterocycles. The van der Waals surface area contributed by atoms with Crippen LogP contribution in [0.1, 0.15) is 6.92 Å². The Kier molecular flexibility index (Phi) is 5.84. The normalized spacial score (nSPS) is 11.5. The van der Waals surface area contributed by atoms with Crippen molar-refractivity contribution >= 4 is 32.7 Å². The molecule has 3 aromatic heterocycles. The zero-order chi connectivity index (χ0) is 23.8. The molecule has 0 bridgehead atoms. The second-order valence-electron chi connectivity index (χ2n) is 7.69. The number of methoxy groups -OCH3 is 2. The van der Waals surface area contributed by atoms with Gasteiger partial charge in [0.15, 0.2) is 5.65 Å². The third kappa shape index (κ3) is 3.64. The Morgan fingerprint density at radius 2 is 1.97 bits per heavy atom. The van der Waals surface area contributed by atoms with Crippen molar-refractivity contribution in [2.45, 2.75) is 20.0 Å². The van der Waals surface area contributed by atoms with Crippen LogP contribution in [-0.4, -0.2) is 45.1 Å². The molecule has 174 valence electrons. The van der Waals surface area contributed by atoms with E-state index in [0.29, 0.717) is 47.7 Å². The monoisotopic (exact) mass is 479 g/mol. The predicted octanol–water partition coefficient (Wildman–Crippen LogP) is 4.35. The molecule has 0 aliphatic rings. The molecule has 8 nitrogen and oxygen atoms in total. The second-order valence-corrected chi connectivity index (χ2v) is 8.68. The molecule has 0 aliphatic carbocycles. The summed E-state index contributed by atoms with van der Waals surface area (Å²) >= 11 is 1.11. The van der Waals surface area contributed by atoms with Gasteiger partial charge in [0, 0.05) is 36.4 Å². The zero-order valence-electron chi connectivity index (χ0n) is 18.9. The van der Waals surface area contributed by atoms with Crippen LogP contribution in [0.5, 0.6) is 5.75 Å². The summed E-state index contributed by atoms with van der Waals surface area (Å²) in [4.78, 5) is 16.9. The first-order valence-corrected chi connectivity index (χ1v) is 11.5. The minimum absolute atomic E-state index is 0.0998. The highest BCUT2D eigenvalue weighted by atomic mass is 32.1. The van der Waals surface area contributed by atoms with Gasteiger partial charge in [-0.15, -0.1) is 5.10 Å². The van der Waals surface area contributed by atoms with Crippen LogP contribution < -0.4 is 9.61 Å². The van der Waals surface area contributed by atoms with Crippen molar-refractivity contribution in [2.24, 2.45) is 0 Å². The highest BCUT2D eigenvalue weighted by Gasteiger charge is 2.18. The first-order valence-electron chi connectivity index (χ1n) is 10.7. The summed E-state index contributed by atoms with van der Waals surface area (Å²) in [6.07, 6.45) is 3.36. The lowest BCUT2D eigenvalue weighted by molar-refractivity contribution is 0.188. The number of imidazole rings is 1. The average molecular weight is 480 g/mol. The molecule has 0 aliphatic heterocycles. The maximum absolute atomic E-state index is 15.1. The molecule has 0 saturated carbocycles. The number of aryl methyl sites for hydroxylation is 1. The molecule has 5 aromatic rings. The van der Waals surface area contributed by atoms with Crippen molar-refractivity contribution in [2.75, 3.05) is 20.8 Å². The summed E-state index contributed by atoms with van der Waals surface area (Å²) in [6, 6.07) is 8.46. The van der Waals surface area contributed by atoms with Crippen LogP contribution in [0.4, 0.5) is 4.39 Å². The SMILES string of the molecule is CCn1cnc2c(-c3ccc(F)c(-c4cc5sc(=O)n(CCOC)c5cc4OC)c3)cnnc21. The highest BCUT2D eigenvalue weighted by Crippen LogP contribution is 2.38. The number of benzene rings is 2. The lowest BCUT2D eigenvalue weighted by Gasteiger charge is -2.13. The van der Waals surface area contributed by atoms with Crippen molar-refractivity contribution in [3.8, 4) is 28.0 Å². The molecule has 0 amide bonds. The van der Waals surface area contributed by atoms with Gasteiger partial charge in [-0.1, -0.05) is 17.4 Å². The summed E-state index contributed by atoms with van der Waals surface area (Å²) in [5.41, 5.74) is 4.54. The number of ether oxygens (including phenoxy) is 2. The van der Waals surface area contributed by atoms with E-state index in [1.807, 2.05) is 11.5 Å². The maximum Gasteiger partial charge on any atom is 0.308 e. The Bertz CT molecular complexity index is 1570. The number of nitrogens with zero attached hydrogens (tertiary/aromatic N) is 5. The maximum atomic E-state index is 15.1. The van der Waals surface area contributed by atoms with Gasteiger partial charge in [0.1, 0.15) is 17.1 Å². The van der Waals surface area contributed by atoms with Crippen LogP contribution in [0, 0.1) is 5.82 Å². The van der Waals surface area contributed by atoms with Gasteiger partial charge in [-0.2, -0.15) is 5.10 Å². The number of hydrogen-bond acceptors (Lipinski definition) is 7. The van der Waals surface area contributed by atoms with Crippen molar-refractivity contribution in [3.63, 3.8) is 0 Å². The number of aromatic nitrogens is 5. The molecule has 0 saturated heterocycles. The van der Waals surface area contributed by atoms with E-state index in [1.54, 1.807) is 48.5 Å². The number of fused-ring (bicyclic) bond motifs is 2. The standard InChI is InChI=1S/C24H22FN5O3S/c1-4-29-13-26-22-17(12-27-28-23(22)29)14-5-6-18(25)15(9-14)16-10-21-19(11-20(16)33-3)30(7-8-32-2)24(31)34-21/h5-6,9-13H,4,7-8H2,1-3H3. The van der Waals surface area contributed by atoms with Crippen molar-refractivity contribution < 1.29 is 13.9 Å². The van der Waals surface area contributed by atoms with E-state index >= 15 is 4.39 Å². The zero-order valence-corrected chi connectivity index (χ0v) is 19.7. The van der Waals surface area contributed by atoms with Gasteiger partial charge in [-0.25, -0.2) is 9.37 Å². The van der Waals surface area contributed by atoms with Gasteiger partial charge < -0.3 is 14.0 Å². The highest BCUT2D eigenvalue weighted by molar-refractivity contribution is 7.16. The van der Waals surface area contributed by atoms with Crippen molar-refractivity contribution in [3.05, 3.63) is 58.3 Å². The van der Waals surface area contributed by atoms with Gasteiger partial charge in [-0.05, 0) is 30.7 Å². The van der Waals surface area contributed by atoms with Crippen LogP contribution in [0.15, 0.2) is 47.7 Å². The van der Waals surface area contributed by atoms with Crippen LogP contribution in [0.2, 0.25) is 0 Å². The third-order valence-corrected chi connectivity index (χ3v) is 6.76. The smallest absolute Gasteiger partial charge is 0.308 e. The molecule has 34 heavy (non-hydrogen) atoms. The van der Waals surface area contributed by atoms with Crippen LogP contribution in [0.25, 0.3) is 43.6 Å². The Balaban J connectivity index is 1.68. The molecule has 0 fully saturated rings. The molecule has 0 unspecified atom stereocenters. The lowest BCUT2D eigenvalue weighted by atomic mass is 9.98. The van der Waals surface area contributed by atoms with E-state index in [1.165, 1.54) is 13.2 Å². The number of halogens is 1. The summed E-state index contributed by atoms with van der Waals surface area (Å²) in [5.74, 6) is 0.0747. The summed E-state index contributed by atoms with van der Waals surface area (Å²) in [5, 5.41) is 8.34. The second kappa shape index (κ2) is 8.96. The van der Waals surface area contributed by atoms with Crippen LogP contribution in [-0.2, 0) is 17.8 Å². The number of hydrogen-bond donors (Lipinski definition) is 0.